The van der Waals surface area contributed by atoms with Gasteiger partial charge in [-0.2, -0.15) is 9.78 Å². The van der Waals surface area contributed by atoms with Gasteiger partial charge in [0.1, 0.15) is 7.05 Å². The molecule has 3 nitrogen and oxygen atoms in total. The molecule has 0 aliphatic carbocycles. The Morgan fingerprint density at radius 3 is 2.40 bits per heavy atom. The normalized spacial score (nSPS) is 10.3. The van der Waals surface area contributed by atoms with Crippen LogP contribution in [0.2, 0.25) is 0 Å². The molecule has 0 aromatic carbocycles. The summed E-state index contributed by atoms with van der Waals surface area (Å²) in [6.07, 6.45) is 1.97. The molecule has 56 valence electrons. The van der Waals surface area contributed by atoms with Gasteiger partial charge in [0.15, 0.2) is 0 Å². The van der Waals surface area contributed by atoms with Gasteiger partial charge in [-0.25, -0.2) is 0 Å². The fraction of sp³-hybridized carbons (Fsp3) is 0.714. The van der Waals surface area contributed by atoms with Crippen molar-refractivity contribution >= 4 is 0 Å². The molecule has 3 heteroatoms. The van der Waals surface area contributed by atoms with Crippen LogP contribution in [-0.2, 0) is 19.9 Å². The number of nitrogens with one attached hydrogen (secondary N) is 1. The second kappa shape index (κ2) is 2.82. The molecule has 0 amide bonds. The fourth-order valence-electron chi connectivity index (χ4n) is 0.988. The van der Waals surface area contributed by atoms with Crippen molar-refractivity contribution in [3.63, 3.8) is 0 Å². The van der Waals surface area contributed by atoms with E-state index in [1.807, 2.05) is 11.7 Å². The molecule has 1 rings (SSSR count). The van der Waals surface area contributed by atoms with Crippen molar-refractivity contribution in [2.75, 3.05) is 0 Å². The first-order valence-electron chi connectivity index (χ1n) is 3.71. The first-order chi connectivity index (χ1) is 4.77. The van der Waals surface area contributed by atoms with E-state index in [1.54, 1.807) is 0 Å². The Morgan fingerprint density at radius 1 is 1.40 bits per heavy atom. The van der Waals surface area contributed by atoms with Crippen molar-refractivity contribution in [2.45, 2.75) is 26.7 Å². The number of H-pyrrole nitrogens is 1. The number of aromatic amines is 1. The van der Waals surface area contributed by atoms with Crippen LogP contribution in [0.5, 0.6) is 0 Å². The van der Waals surface area contributed by atoms with Gasteiger partial charge in [0, 0.05) is 6.42 Å². The summed E-state index contributed by atoms with van der Waals surface area (Å²) in [6, 6.07) is 0. The van der Waals surface area contributed by atoms with Gasteiger partial charge < -0.3 is 0 Å². The molecule has 1 heterocycles. The standard InChI is InChI=1S/C7H13N3/c1-4-6-8-7(5-2)10(3)9-6/h4-5H2,1-3H3/p+1. The van der Waals surface area contributed by atoms with E-state index in [-0.39, 0.29) is 0 Å². The SMILES string of the molecule is CCc1nc(CC)[n+](C)[nH]1. The minimum absolute atomic E-state index is 0.980. The predicted molar refractivity (Wildman–Crippen MR) is 38.5 cm³/mol. The third-order valence-corrected chi connectivity index (χ3v) is 1.60. The molecule has 0 saturated carbocycles. The number of hydrogen-bond donors (Lipinski definition) is 1. The Labute approximate surface area is 61.1 Å². The first kappa shape index (κ1) is 7.25. The van der Waals surface area contributed by atoms with Crippen molar-refractivity contribution in [3.8, 4) is 0 Å². The minimum Gasteiger partial charge on any atom is -0.191 e. The van der Waals surface area contributed by atoms with Gasteiger partial charge >= 0.3 is 5.82 Å². The molecular weight excluding hydrogens is 126 g/mol. The Hall–Kier alpha value is -0.860. The highest BCUT2D eigenvalue weighted by Gasteiger charge is 2.11. The van der Waals surface area contributed by atoms with Gasteiger partial charge in [-0.05, 0) is 4.98 Å². The van der Waals surface area contributed by atoms with Crippen LogP contribution < -0.4 is 4.68 Å². The lowest BCUT2D eigenvalue weighted by Crippen LogP contribution is -2.34. The lowest BCUT2D eigenvalue weighted by Gasteiger charge is -1.81. The molecule has 0 radical (unpaired) electrons. The molecule has 0 atom stereocenters. The molecule has 1 aromatic rings. The Morgan fingerprint density at radius 2 is 2.10 bits per heavy atom. The lowest BCUT2D eigenvalue weighted by atomic mass is 10.4. The molecule has 10 heavy (non-hydrogen) atoms. The van der Waals surface area contributed by atoms with Crippen LogP contribution in [-0.4, -0.2) is 10.1 Å². The van der Waals surface area contributed by atoms with Crippen molar-refractivity contribution in [2.24, 2.45) is 7.05 Å². The fourth-order valence-corrected chi connectivity index (χ4v) is 0.988. The van der Waals surface area contributed by atoms with E-state index in [0.29, 0.717) is 0 Å². The molecule has 0 fully saturated rings. The van der Waals surface area contributed by atoms with E-state index in [2.05, 4.69) is 23.9 Å². The Balaban J connectivity index is 2.92. The highest BCUT2D eigenvalue weighted by molar-refractivity contribution is 4.82. The largest absolute Gasteiger partial charge is 0.318 e. The van der Waals surface area contributed by atoms with Crippen LogP contribution in [0.25, 0.3) is 0 Å². The summed E-state index contributed by atoms with van der Waals surface area (Å²) in [5.41, 5.74) is 0. The molecule has 0 spiro atoms. The van der Waals surface area contributed by atoms with Crippen molar-refractivity contribution in [3.05, 3.63) is 11.6 Å². The Bertz CT molecular complexity index is 215. The molecule has 0 aliphatic heterocycles. The minimum atomic E-state index is 0.980. The van der Waals surface area contributed by atoms with Gasteiger partial charge in [0.25, 0.3) is 5.82 Å². The van der Waals surface area contributed by atoms with Gasteiger partial charge in [-0.15, -0.1) is 0 Å². The van der Waals surface area contributed by atoms with Crippen LogP contribution in [0.15, 0.2) is 0 Å². The van der Waals surface area contributed by atoms with Crippen molar-refractivity contribution in [1.29, 1.82) is 0 Å². The summed E-state index contributed by atoms with van der Waals surface area (Å²) in [6.45, 7) is 4.20. The van der Waals surface area contributed by atoms with Gasteiger partial charge in [0.2, 0.25) is 0 Å². The molecule has 1 N–H and O–H groups in total. The average Bonchev–Trinajstić information content (AvgIpc) is 2.30. The number of rotatable bonds is 2. The quantitative estimate of drug-likeness (QED) is 0.591. The zero-order valence-electron chi connectivity index (χ0n) is 6.81. The molecule has 0 aliphatic rings. The monoisotopic (exact) mass is 140 g/mol. The Kier molecular flexibility index (Phi) is 2.04. The van der Waals surface area contributed by atoms with Gasteiger partial charge in [-0.3, -0.25) is 0 Å². The van der Waals surface area contributed by atoms with E-state index < -0.39 is 0 Å². The maximum atomic E-state index is 4.35. The summed E-state index contributed by atoms with van der Waals surface area (Å²) in [5.74, 6) is 2.19. The van der Waals surface area contributed by atoms with Gasteiger partial charge in [0.05, 0.1) is 6.42 Å². The first-order valence-corrected chi connectivity index (χ1v) is 3.71. The van der Waals surface area contributed by atoms with E-state index >= 15 is 0 Å². The molecule has 0 unspecified atom stereocenters. The predicted octanol–water partition coefficient (Wildman–Crippen LogP) is 0.359. The van der Waals surface area contributed by atoms with Crippen molar-refractivity contribution < 1.29 is 4.68 Å². The summed E-state index contributed by atoms with van der Waals surface area (Å²) < 4.78 is 1.97. The maximum Gasteiger partial charge on any atom is 0.318 e. The highest BCUT2D eigenvalue weighted by atomic mass is 15.3. The van der Waals surface area contributed by atoms with Crippen LogP contribution >= 0.6 is 0 Å². The van der Waals surface area contributed by atoms with Crippen LogP contribution in [0.3, 0.4) is 0 Å². The second-order valence-electron chi connectivity index (χ2n) is 2.35. The van der Waals surface area contributed by atoms with Crippen LogP contribution in [0.4, 0.5) is 0 Å². The molecule has 0 saturated heterocycles. The zero-order chi connectivity index (χ0) is 7.56. The number of nitrogens with zero attached hydrogens (tertiary/aromatic N) is 2. The van der Waals surface area contributed by atoms with Gasteiger partial charge in [-0.1, -0.05) is 13.8 Å². The highest BCUT2D eigenvalue weighted by Crippen LogP contribution is 1.90. The topological polar surface area (TPSA) is 32.6 Å². The number of aryl methyl sites for hydroxylation is 3. The summed E-state index contributed by atoms with van der Waals surface area (Å²) in [7, 11) is 1.99. The summed E-state index contributed by atoms with van der Waals surface area (Å²) in [5, 5.41) is 3.15. The molecule has 0 bridgehead atoms. The summed E-state index contributed by atoms with van der Waals surface area (Å²) >= 11 is 0. The van der Waals surface area contributed by atoms with Crippen molar-refractivity contribution in [1.82, 2.24) is 10.1 Å². The maximum absolute atomic E-state index is 4.35. The average molecular weight is 140 g/mol. The summed E-state index contributed by atoms with van der Waals surface area (Å²) in [4.78, 5) is 4.35. The third-order valence-electron chi connectivity index (χ3n) is 1.60. The van der Waals surface area contributed by atoms with Crippen LogP contribution in [0, 0.1) is 0 Å². The van der Waals surface area contributed by atoms with E-state index in [1.165, 1.54) is 0 Å². The molecule has 1 aromatic heterocycles. The van der Waals surface area contributed by atoms with E-state index in [4.69, 9.17) is 0 Å². The second-order valence-corrected chi connectivity index (χ2v) is 2.35. The third kappa shape index (κ3) is 1.17. The van der Waals surface area contributed by atoms with E-state index in [0.717, 1.165) is 24.5 Å². The number of hydrogen-bond acceptors (Lipinski definition) is 1. The number of aromatic nitrogens is 3. The smallest absolute Gasteiger partial charge is 0.191 e. The lowest BCUT2D eigenvalue weighted by molar-refractivity contribution is -0.735. The van der Waals surface area contributed by atoms with E-state index in [9.17, 15) is 0 Å². The zero-order valence-corrected chi connectivity index (χ0v) is 6.81. The van der Waals surface area contributed by atoms with Crippen LogP contribution in [0.1, 0.15) is 25.5 Å². The molecular formula is C7H14N3+.